The molecule has 5 fully saturated rings. The van der Waals surface area contributed by atoms with Crippen molar-refractivity contribution in [3.63, 3.8) is 0 Å². The van der Waals surface area contributed by atoms with Crippen molar-refractivity contribution in [2.75, 3.05) is 57.3 Å². The van der Waals surface area contributed by atoms with Gasteiger partial charge >= 0.3 is 0 Å². The van der Waals surface area contributed by atoms with Gasteiger partial charge < -0.3 is 10.6 Å². The Balaban J connectivity index is 0.00000210. The topological polar surface area (TPSA) is 77.0 Å². The van der Waals surface area contributed by atoms with E-state index in [1.165, 1.54) is 51.9 Å². The second-order valence-corrected chi connectivity index (χ2v) is 10.7. The molecule has 4 aliphatic heterocycles. The number of hydrogen-bond acceptors (Lipinski definition) is 5. The molecule has 1 aliphatic carbocycles. The molecule has 4 heterocycles. The smallest absolute Gasteiger partial charge is 0.191 e. The average molecular weight is 511 g/mol. The third-order valence-corrected chi connectivity index (χ3v) is 8.26. The van der Waals surface area contributed by atoms with Gasteiger partial charge in [-0.2, -0.15) is 0 Å². The molecule has 5 rings (SSSR count). The first-order valence-corrected chi connectivity index (χ1v) is 12.1. The van der Waals surface area contributed by atoms with E-state index in [2.05, 4.69) is 20.4 Å². The summed E-state index contributed by atoms with van der Waals surface area (Å²) < 4.78 is 23.4. The first-order chi connectivity index (χ1) is 12.6. The normalized spacial score (nSPS) is 35.8. The van der Waals surface area contributed by atoms with Gasteiger partial charge in [0.25, 0.3) is 0 Å². The zero-order valence-electron chi connectivity index (χ0n) is 16.1. The van der Waals surface area contributed by atoms with Crippen molar-refractivity contribution < 1.29 is 8.42 Å². The number of hydrogen-bond donors (Lipinski definition) is 2. The van der Waals surface area contributed by atoms with Crippen LogP contribution >= 0.6 is 24.0 Å². The van der Waals surface area contributed by atoms with Crippen LogP contribution < -0.4 is 10.6 Å². The van der Waals surface area contributed by atoms with Crippen molar-refractivity contribution in [1.29, 1.82) is 0 Å². The second kappa shape index (κ2) is 9.58. The lowest BCUT2D eigenvalue weighted by Gasteiger charge is -2.47. The highest BCUT2D eigenvalue weighted by Gasteiger charge is 2.32. The van der Waals surface area contributed by atoms with Gasteiger partial charge in [0.2, 0.25) is 0 Å². The third kappa shape index (κ3) is 5.93. The largest absolute Gasteiger partial charge is 0.355 e. The van der Waals surface area contributed by atoms with E-state index in [0.717, 1.165) is 25.5 Å². The molecular formula is C18H34IN5O2S. The Hall–Kier alpha value is -0.130. The Kier molecular flexibility index (Phi) is 7.65. The fraction of sp³-hybridized carbons (Fsp3) is 0.944. The monoisotopic (exact) mass is 511 g/mol. The minimum absolute atomic E-state index is 0. The van der Waals surface area contributed by atoms with Crippen LogP contribution in [0, 0.1) is 5.92 Å². The summed E-state index contributed by atoms with van der Waals surface area (Å²) in [6.45, 7) is 7.43. The molecule has 2 unspecified atom stereocenters. The fourth-order valence-electron chi connectivity index (χ4n) is 4.79. The van der Waals surface area contributed by atoms with Gasteiger partial charge in [-0.05, 0) is 25.2 Å². The highest BCUT2D eigenvalue weighted by molar-refractivity contribution is 14.0. The van der Waals surface area contributed by atoms with E-state index in [4.69, 9.17) is 4.99 Å². The third-order valence-electron chi connectivity index (χ3n) is 6.43. The van der Waals surface area contributed by atoms with Gasteiger partial charge in [-0.1, -0.05) is 12.8 Å². The molecule has 1 saturated carbocycles. The maximum absolute atomic E-state index is 11.7. The summed E-state index contributed by atoms with van der Waals surface area (Å²) in [5.41, 5.74) is 0. The van der Waals surface area contributed by atoms with Gasteiger partial charge in [-0.25, -0.2) is 8.42 Å². The number of nitrogens with one attached hydrogen (secondary N) is 2. The summed E-state index contributed by atoms with van der Waals surface area (Å²) in [5, 5.41) is 7.17. The number of rotatable bonds is 5. The van der Waals surface area contributed by atoms with E-state index in [1.807, 2.05) is 0 Å². The van der Waals surface area contributed by atoms with Crippen molar-refractivity contribution in [2.24, 2.45) is 10.9 Å². The van der Waals surface area contributed by atoms with E-state index in [-0.39, 0.29) is 29.9 Å². The molecule has 9 heteroatoms. The second-order valence-electron chi connectivity index (χ2n) is 8.46. The lowest BCUT2D eigenvalue weighted by atomic mass is 10.1. The fourth-order valence-corrected chi connectivity index (χ4v) is 6.63. The number of aliphatic imine (C=N–C) groups is 1. The van der Waals surface area contributed by atoms with Gasteiger partial charge in [0.05, 0.1) is 11.5 Å². The van der Waals surface area contributed by atoms with E-state index >= 15 is 0 Å². The molecule has 5 aliphatic rings. The number of sulfone groups is 1. The van der Waals surface area contributed by atoms with Gasteiger partial charge in [0.1, 0.15) is 0 Å². The predicted octanol–water partition coefficient (Wildman–Crippen LogP) is 0.517. The summed E-state index contributed by atoms with van der Waals surface area (Å²) in [7, 11) is -2.82. The standard InChI is InChI=1S/C18H33N5O2S.HI/c24-26(25)10-5-15(14-26)11-19-18(21-16-3-1-2-4-16)20-12-17-13-22-6-8-23(17)9-7-22;/h15-17H,1-14H2,(H2,19,20,21);1H. The SMILES string of the molecule is I.O=S1(=O)CCC(CN=C(NCC2CN3CCN2CC3)NC2CCCC2)C1. The molecular weight excluding hydrogens is 477 g/mol. The Bertz CT molecular complexity index is 615. The van der Waals surface area contributed by atoms with Crippen LogP contribution in [-0.4, -0.2) is 93.6 Å². The number of piperazine rings is 3. The molecule has 0 amide bonds. The van der Waals surface area contributed by atoms with Crippen LogP contribution in [0.25, 0.3) is 0 Å². The molecule has 27 heavy (non-hydrogen) atoms. The van der Waals surface area contributed by atoms with Crippen molar-refractivity contribution in [3.05, 3.63) is 0 Å². The maximum atomic E-state index is 11.7. The van der Waals surface area contributed by atoms with Crippen LogP contribution in [0.2, 0.25) is 0 Å². The summed E-state index contributed by atoms with van der Waals surface area (Å²) >= 11 is 0. The summed E-state index contributed by atoms with van der Waals surface area (Å²) in [6.07, 6.45) is 5.76. The summed E-state index contributed by atoms with van der Waals surface area (Å²) in [5.74, 6) is 1.71. The summed E-state index contributed by atoms with van der Waals surface area (Å²) in [6, 6.07) is 1.07. The van der Waals surface area contributed by atoms with Crippen molar-refractivity contribution >= 4 is 39.8 Å². The zero-order chi connectivity index (χ0) is 18.0. The van der Waals surface area contributed by atoms with Crippen LogP contribution in [0.3, 0.4) is 0 Å². The quantitative estimate of drug-likeness (QED) is 0.319. The van der Waals surface area contributed by atoms with Crippen LogP contribution in [0.4, 0.5) is 0 Å². The molecule has 7 nitrogen and oxygen atoms in total. The first-order valence-electron chi connectivity index (χ1n) is 10.3. The highest BCUT2D eigenvalue weighted by atomic mass is 127. The molecule has 2 N–H and O–H groups in total. The van der Waals surface area contributed by atoms with Gasteiger partial charge in [0.15, 0.2) is 15.8 Å². The molecule has 4 saturated heterocycles. The van der Waals surface area contributed by atoms with Gasteiger partial charge in [-0.15, -0.1) is 24.0 Å². The van der Waals surface area contributed by atoms with Crippen LogP contribution in [-0.2, 0) is 9.84 Å². The molecule has 2 atom stereocenters. The lowest BCUT2D eigenvalue weighted by Crippen LogP contribution is -2.64. The Morgan fingerprint density at radius 3 is 2.41 bits per heavy atom. The van der Waals surface area contributed by atoms with Gasteiger partial charge in [0, 0.05) is 57.9 Å². The Morgan fingerprint density at radius 1 is 1.07 bits per heavy atom. The number of nitrogens with zero attached hydrogens (tertiary/aromatic N) is 3. The summed E-state index contributed by atoms with van der Waals surface area (Å²) in [4.78, 5) is 9.92. The van der Waals surface area contributed by atoms with E-state index in [0.29, 0.717) is 30.1 Å². The molecule has 0 aromatic carbocycles. The van der Waals surface area contributed by atoms with Crippen LogP contribution in [0.1, 0.15) is 32.1 Å². The molecule has 2 bridgehead atoms. The Morgan fingerprint density at radius 2 is 1.81 bits per heavy atom. The van der Waals surface area contributed by atoms with Gasteiger partial charge in [-0.3, -0.25) is 14.8 Å². The minimum atomic E-state index is -2.82. The number of halogens is 1. The van der Waals surface area contributed by atoms with Crippen molar-refractivity contribution in [1.82, 2.24) is 20.4 Å². The molecule has 0 radical (unpaired) electrons. The van der Waals surface area contributed by atoms with Crippen LogP contribution in [0.5, 0.6) is 0 Å². The predicted molar refractivity (Wildman–Crippen MR) is 120 cm³/mol. The highest BCUT2D eigenvalue weighted by Crippen LogP contribution is 2.20. The average Bonchev–Trinajstić information content (AvgIpc) is 3.27. The van der Waals surface area contributed by atoms with E-state index < -0.39 is 9.84 Å². The minimum Gasteiger partial charge on any atom is -0.355 e. The van der Waals surface area contributed by atoms with Crippen molar-refractivity contribution in [2.45, 2.75) is 44.2 Å². The van der Waals surface area contributed by atoms with Crippen LogP contribution in [0.15, 0.2) is 4.99 Å². The number of guanidine groups is 1. The van der Waals surface area contributed by atoms with E-state index in [1.54, 1.807) is 0 Å². The molecule has 0 aromatic heterocycles. The molecule has 156 valence electrons. The first kappa shape index (κ1) is 21.6. The zero-order valence-corrected chi connectivity index (χ0v) is 19.3. The number of fused-ring (bicyclic) bond motifs is 3. The van der Waals surface area contributed by atoms with Crippen molar-refractivity contribution in [3.8, 4) is 0 Å². The Labute approximate surface area is 180 Å². The lowest BCUT2D eigenvalue weighted by molar-refractivity contribution is 0.0154. The molecule has 0 aromatic rings. The molecule has 0 spiro atoms. The van der Waals surface area contributed by atoms with E-state index in [9.17, 15) is 8.42 Å². The maximum Gasteiger partial charge on any atom is 0.191 e.